The highest BCUT2D eigenvalue weighted by molar-refractivity contribution is 5.76. The molecule has 13 heteroatoms. The lowest BCUT2D eigenvalue weighted by Crippen LogP contribution is -2.67. The summed E-state index contributed by atoms with van der Waals surface area (Å²) in [5, 5.41) is 71.4. The van der Waals surface area contributed by atoms with Crippen LogP contribution >= 0.6 is 0 Å². The molecule has 0 bridgehead atoms. The monoisotopic (exact) mass is 439 g/mol. The van der Waals surface area contributed by atoms with E-state index in [0.717, 1.165) is 0 Å². The quantitative estimate of drug-likeness (QED) is 0.180. The number of aliphatic carboxylic acids is 1. The first kappa shape index (κ1) is 24.8. The summed E-state index contributed by atoms with van der Waals surface area (Å²) in [4.78, 5) is 23.6. The number of carbonyl (C=O) groups excluding carboxylic acids is 1. The molecule has 0 saturated carbocycles. The average Bonchev–Trinajstić information content (AvgIpc) is 2.67. The van der Waals surface area contributed by atoms with E-state index < -0.39 is 86.1 Å². The van der Waals surface area contributed by atoms with Crippen LogP contribution in [0, 0.1) is 0 Å². The van der Waals surface area contributed by atoms with Crippen LogP contribution in [0.25, 0.3) is 0 Å². The SMILES string of the molecule is CC(=O)NC1C(O)CC(OC2C(O)COC(CO)C2O)(C(=O)O)OC1C[C@H](O)CO. The molecule has 8 unspecified atom stereocenters. The summed E-state index contributed by atoms with van der Waals surface area (Å²) < 4.78 is 16.1. The molecule has 0 aromatic carbocycles. The van der Waals surface area contributed by atoms with Crippen LogP contribution in [0.4, 0.5) is 0 Å². The molecule has 174 valence electrons. The van der Waals surface area contributed by atoms with Gasteiger partial charge >= 0.3 is 5.97 Å². The van der Waals surface area contributed by atoms with Crippen LogP contribution in [0.15, 0.2) is 0 Å². The molecule has 0 radical (unpaired) electrons. The van der Waals surface area contributed by atoms with E-state index in [1.807, 2.05) is 0 Å². The van der Waals surface area contributed by atoms with E-state index >= 15 is 0 Å². The van der Waals surface area contributed by atoms with Crippen LogP contribution in [0.3, 0.4) is 0 Å². The lowest BCUT2D eigenvalue weighted by atomic mass is 9.89. The molecule has 0 aliphatic carbocycles. The summed E-state index contributed by atoms with van der Waals surface area (Å²) in [6.45, 7) is -0.482. The highest BCUT2D eigenvalue weighted by Crippen LogP contribution is 2.36. The third-order valence-electron chi connectivity index (χ3n) is 5.13. The first-order chi connectivity index (χ1) is 14.0. The summed E-state index contributed by atoms with van der Waals surface area (Å²) in [5.41, 5.74) is 0. The fourth-order valence-corrected chi connectivity index (χ4v) is 3.62. The first-order valence-corrected chi connectivity index (χ1v) is 9.46. The molecule has 0 spiro atoms. The fourth-order valence-electron chi connectivity index (χ4n) is 3.62. The predicted octanol–water partition coefficient (Wildman–Crippen LogP) is -4.34. The van der Waals surface area contributed by atoms with E-state index in [9.17, 15) is 40.2 Å². The minimum atomic E-state index is -2.56. The number of hydrogen-bond donors (Lipinski definition) is 8. The van der Waals surface area contributed by atoms with Crippen molar-refractivity contribution in [3.63, 3.8) is 0 Å². The van der Waals surface area contributed by atoms with Crippen molar-refractivity contribution in [2.45, 2.75) is 74.3 Å². The largest absolute Gasteiger partial charge is 0.477 e. The molecule has 30 heavy (non-hydrogen) atoms. The number of carbonyl (C=O) groups is 2. The Bertz CT molecular complexity index is 605. The van der Waals surface area contributed by atoms with Gasteiger partial charge in [-0.25, -0.2) is 4.79 Å². The molecule has 8 N–H and O–H groups in total. The maximum atomic E-state index is 12.1. The Morgan fingerprint density at radius 2 is 1.87 bits per heavy atom. The molecule has 2 saturated heterocycles. The Labute approximate surface area is 171 Å². The minimum Gasteiger partial charge on any atom is -0.477 e. The van der Waals surface area contributed by atoms with Crippen molar-refractivity contribution >= 4 is 11.9 Å². The summed E-state index contributed by atoms with van der Waals surface area (Å²) in [6, 6.07) is -1.12. The van der Waals surface area contributed by atoms with Crippen LogP contribution in [0.5, 0.6) is 0 Å². The third kappa shape index (κ3) is 5.43. The van der Waals surface area contributed by atoms with Gasteiger partial charge in [-0.05, 0) is 0 Å². The predicted molar refractivity (Wildman–Crippen MR) is 94.9 cm³/mol. The summed E-state index contributed by atoms with van der Waals surface area (Å²) in [5.74, 6) is -4.79. The van der Waals surface area contributed by atoms with Crippen LogP contribution in [0.2, 0.25) is 0 Å². The van der Waals surface area contributed by atoms with E-state index in [0.29, 0.717) is 0 Å². The van der Waals surface area contributed by atoms with Gasteiger partial charge in [0, 0.05) is 19.8 Å². The molecular formula is C17H29NO12. The van der Waals surface area contributed by atoms with E-state index in [1.165, 1.54) is 6.92 Å². The summed E-state index contributed by atoms with van der Waals surface area (Å²) >= 11 is 0. The van der Waals surface area contributed by atoms with Crippen molar-refractivity contribution in [3.05, 3.63) is 0 Å². The lowest BCUT2D eigenvalue weighted by Gasteiger charge is -2.48. The van der Waals surface area contributed by atoms with Gasteiger partial charge in [0.2, 0.25) is 5.91 Å². The van der Waals surface area contributed by atoms with Gasteiger partial charge in [-0.15, -0.1) is 0 Å². The van der Waals surface area contributed by atoms with Gasteiger partial charge in [0.15, 0.2) is 0 Å². The molecule has 2 heterocycles. The highest BCUT2D eigenvalue weighted by atomic mass is 16.7. The maximum Gasteiger partial charge on any atom is 0.364 e. The molecule has 0 aromatic rings. The van der Waals surface area contributed by atoms with Gasteiger partial charge in [0.25, 0.3) is 5.79 Å². The number of amides is 1. The standard InChI is InChI=1S/C17H29NO12/c1-7(21)18-13-9(23)3-17(16(26)27,29-11(13)2-8(22)4-19)30-15-10(24)6-28-12(5-20)14(15)25/h8-15,19-20,22-25H,2-6H2,1H3,(H,18,21)(H,26,27)/t8-,9?,10?,11?,12?,13?,14?,15?,17?/m0/s1. The van der Waals surface area contributed by atoms with Crippen molar-refractivity contribution in [1.29, 1.82) is 0 Å². The second-order valence-electron chi connectivity index (χ2n) is 7.48. The van der Waals surface area contributed by atoms with Crippen molar-refractivity contribution in [2.75, 3.05) is 19.8 Å². The molecule has 2 rings (SSSR count). The van der Waals surface area contributed by atoms with E-state index in [4.69, 9.17) is 19.3 Å². The first-order valence-electron chi connectivity index (χ1n) is 9.46. The molecule has 0 aromatic heterocycles. The van der Waals surface area contributed by atoms with Gasteiger partial charge in [-0.1, -0.05) is 0 Å². The number of aliphatic hydroxyl groups is 6. The minimum absolute atomic E-state index is 0.352. The van der Waals surface area contributed by atoms with Gasteiger partial charge in [-0.3, -0.25) is 4.79 Å². The zero-order valence-electron chi connectivity index (χ0n) is 16.3. The number of aliphatic hydroxyl groups excluding tert-OH is 6. The number of carboxylic acids is 1. The number of rotatable bonds is 8. The summed E-state index contributed by atoms with van der Waals surface area (Å²) in [7, 11) is 0. The fraction of sp³-hybridized carbons (Fsp3) is 0.882. The second kappa shape index (κ2) is 10.3. The maximum absolute atomic E-state index is 12.1. The highest BCUT2D eigenvalue weighted by Gasteiger charge is 2.56. The normalized spacial score (nSPS) is 40.6. The molecule has 13 nitrogen and oxygen atoms in total. The Balaban J connectivity index is 2.33. The molecule has 2 aliphatic heterocycles. The smallest absolute Gasteiger partial charge is 0.364 e. The average molecular weight is 439 g/mol. The van der Waals surface area contributed by atoms with Crippen molar-refractivity contribution in [1.82, 2.24) is 5.32 Å². The van der Waals surface area contributed by atoms with Gasteiger partial charge in [-0.2, -0.15) is 0 Å². The van der Waals surface area contributed by atoms with Crippen LogP contribution in [-0.4, -0.2) is 122 Å². The molecule has 1 amide bonds. The summed E-state index contributed by atoms with van der Waals surface area (Å²) in [6.07, 6.45) is -10.9. The lowest BCUT2D eigenvalue weighted by molar-refractivity contribution is -0.339. The Hall–Kier alpha value is -1.42. The Kier molecular flexibility index (Phi) is 8.50. The van der Waals surface area contributed by atoms with Gasteiger partial charge < -0.3 is 55.3 Å². The van der Waals surface area contributed by atoms with Crippen LogP contribution < -0.4 is 5.32 Å². The third-order valence-corrected chi connectivity index (χ3v) is 5.13. The van der Waals surface area contributed by atoms with Gasteiger partial charge in [0.05, 0.1) is 44.2 Å². The van der Waals surface area contributed by atoms with E-state index in [-0.39, 0.29) is 13.0 Å². The topological polar surface area (TPSA) is 215 Å². The van der Waals surface area contributed by atoms with Crippen molar-refractivity contribution in [2.24, 2.45) is 0 Å². The van der Waals surface area contributed by atoms with Gasteiger partial charge in [0.1, 0.15) is 24.4 Å². The molecular weight excluding hydrogens is 410 g/mol. The number of ether oxygens (including phenoxy) is 3. The Morgan fingerprint density at radius 3 is 2.40 bits per heavy atom. The van der Waals surface area contributed by atoms with Crippen molar-refractivity contribution < 1.29 is 59.5 Å². The van der Waals surface area contributed by atoms with Crippen molar-refractivity contribution in [3.8, 4) is 0 Å². The number of nitrogens with one attached hydrogen (secondary N) is 1. The van der Waals surface area contributed by atoms with E-state index in [1.54, 1.807) is 0 Å². The molecule has 2 aliphatic rings. The zero-order valence-corrected chi connectivity index (χ0v) is 16.3. The Morgan fingerprint density at radius 1 is 1.20 bits per heavy atom. The second-order valence-corrected chi connectivity index (χ2v) is 7.48. The van der Waals surface area contributed by atoms with Crippen LogP contribution in [-0.2, 0) is 23.8 Å². The number of carboxylic acid groups (broad SMARTS) is 1. The number of hydrogen-bond acceptors (Lipinski definition) is 11. The molecule has 9 atom stereocenters. The van der Waals surface area contributed by atoms with Crippen LogP contribution in [0.1, 0.15) is 19.8 Å². The van der Waals surface area contributed by atoms with E-state index in [2.05, 4.69) is 5.32 Å². The molecule has 2 fully saturated rings. The zero-order chi connectivity index (χ0) is 22.6.